The Balaban J connectivity index is 2.61. The normalized spacial score (nSPS) is 23.4. The van der Waals surface area contributed by atoms with Gasteiger partial charge >= 0.3 is 0 Å². The van der Waals surface area contributed by atoms with Gasteiger partial charge in [-0.15, -0.1) is 0 Å². The number of ketones is 1. The van der Waals surface area contributed by atoms with Crippen LogP contribution in [0.4, 0.5) is 0 Å². The van der Waals surface area contributed by atoms with Crippen molar-refractivity contribution in [3.8, 4) is 0 Å². The summed E-state index contributed by atoms with van der Waals surface area (Å²) < 4.78 is 0. The molecule has 1 aliphatic carbocycles. The molecule has 0 amide bonds. The number of nitrogens with zero attached hydrogens (tertiary/aromatic N) is 1. The van der Waals surface area contributed by atoms with E-state index in [2.05, 4.69) is 32.9 Å². The first-order valence-corrected chi connectivity index (χ1v) is 6.85. The fourth-order valence-electron chi connectivity index (χ4n) is 2.60. The molecular weight excluding hydrogens is 222 g/mol. The lowest BCUT2D eigenvalue weighted by atomic mass is 9.68. The third kappa shape index (κ3) is 4.41. The Labute approximate surface area is 112 Å². The van der Waals surface area contributed by atoms with Crippen LogP contribution in [0.2, 0.25) is 0 Å². The molecule has 0 bridgehead atoms. The van der Waals surface area contributed by atoms with E-state index in [9.17, 15) is 4.79 Å². The summed E-state index contributed by atoms with van der Waals surface area (Å²) in [7, 11) is 3.99. The highest BCUT2D eigenvalue weighted by atomic mass is 16.1. The molecule has 0 saturated heterocycles. The second-order valence-electron chi connectivity index (χ2n) is 6.33. The molecule has 1 aliphatic rings. The van der Waals surface area contributed by atoms with Gasteiger partial charge in [-0.2, -0.15) is 0 Å². The summed E-state index contributed by atoms with van der Waals surface area (Å²) >= 11 is 0. The molecule has 2 heteroatoms. The zero-order valence-corrected chi connectivity index (χ0v) is 12.5. The number of allylic oxidation sites excluding steroid dienone is 4. The molecule has 0 aromatic carbocycles. The third-order valence-corrected chi connectivity index (χ3v) is 3.87. The summed E-state index contributed by atoms with van der Waals surface area (Å²) in [4.78, 5) is 13.8. The molecular formula is C16H27NO. The van der Waals surface area contributed by atoms with Crippen molar-refractivity contribution in [1.82, 2.24) is 4.90 Å². The number of carbonyl (C=O) groups is 1. The van der Waals surface area contributed by atoms with Crippen LogP contribution in [0.5, 0.6) is 0 Å². The van der Waals surface area contributed by atoms with Gasteiger partial charge in [-0.05, 0) is 45.4 Å². The van der Waals surface area contributed by atoms with E-state index in [0.29, 0.717) is 12.3 Å². The minimum absolute atomic E-state index is 0.234. The lowest BCUT2D eigenvalue weighted by Crippen LogP contribution is -2.26. The Morgan fingerprint density at radius 2 is 2.17 bits per heavy atom. The lowest BCUT2D eigenvalue weighted by molar-refractivity contribution is -0.114. The molecule has 0 heterocycles. The quantitative estimate of drug-likeness (QED) is 0.549. The van der Waals surface area contributed by atoms with Crippen molar-refractivity contribution in [3.05, 3.63) is 23.8 Å². The Morgan fingerprint density at radius 1 is 1.50 bits per heavy atom. The number of hydrogen-bond acceptors (Lipinski definition) is 2. The van der Waals surface area contributed by atoms with Gasteiger partial charge in [0.2, 0.25) is 0 Å². The molecule has 102 valence electrons. The molecule has 0 fully saturated rings. The van der Waals surface area contributed by atoms with E-state index in [1.165, 1.54) is 12.0 Å². The van der Waals surface area contributed by atoms with Crippen molar-refractivity contribution in [1.29, 1.82) is 0 Å². The molecule has 0 spiro atoms. The molecule has 0 aromatic heterocycles. The van der Waals surface area contributed by atoms with E-state index >= 15 is 0 Å². The summed E-state index contributed by atoms with van der Waals surface area (Å²) in [5.74, 6) is 0.646. The monoisotopic (exact) mass is 249 g/mol. The van der Waals surface area contributed by atoms with Crippen LogP contribution in [0.3, 0.4) is 0 Å². The third-order valence-electron chi connectivity index (χ3n) is 3.87. The van der Waals surface area contributed by atoms with Crippen molar-refractivity contribution in [2.24, 2.45) is 11.3 Å². The van der Waals surface area contributed by atoms with Gasteiger partial charge in [0.25, 0.3) is 0 Å². The summed E-state index contributed by atoms with van der Waals surface area (Å²) in [5.41, 5.74) is 1.68. The van der Waals surface area contributed by atoms with E-state index in [1.54, 1.807) is 6.08 Å². The fraction of sp³-hybridized carbons (Fsp3) is 0.688. The zero-order chi connectivity index (χ0) is 13.8. The highest BCUT2D eigenvalue weighted by Crippen LogP contribution is 2.41. The van der Waals surface area contributed by atoms with Crippen LogP contribution in [0.15, 0.2) is 23.8 Å². The maximum atomic E-state index is 11.8. The molecule has 1 atom stereocenters. The van der Waals surface area contributed by atoms with Crippen LogP contribution in [0.1, 0.15) is 40.0 Å². The first-order valence-electron chi connectivity index (χ1n) is 6.85. The van der Waals surface area contributed by atoms with Gasteiger partial charge in [-0.1, -0.05) is 31.6 Å². The van der Waals surface area contributed by atoms with Gasteiger partial charge in [-0.3, -0.25) is 4.79 Å². The second-order valence-corrected chi connectivity index (χ2v) is 6.33. The van der Waals surface area contributed by atoms with Gasteiger partial charge in [-0.25, -0.2) is 0 Å². The van der Waals surface area contributed by atoms with E-state index in [1.807, 2.05) is 19.0 Å². The van der Waals surface area contributed by atoms with E-state index in [-0.39, 0.29) is 11.2 Å². The van der Waals surface area contributed by atoms with Crippen LogP contribution in [-0.4, -0.2) is 31.3 Å². The molecule has 0 radical (unpaired) electrons. The molecule has 0 aromatic rings. The smallest absolute Gasteiger partial charge is 0.156 e. The van der Waals surface area contributed by atoms with E-state index < -0.39 is 0 Å². The standard InChI is InChI=1S/C16H27NO/c1-13-7-6-11-16(2,3)15(13)9-8-14(18)10-12-17(4)5/h7-9,15H,6,10-12H2,1-5H3/b9-8+. The highest BCUT2D eigenvalue weighted by Gasteiger charge is 2.30. The Hall–Kier alpha value is -0.890. The minimum Gasteiger partial charge on any atom is -0.309 e. The zero-order valence-electron chi connectivity index (χ0n) is 12.5. The summed E-state index contributed by atoms with van der Waals surface area (Å²) in [6, 6.07) is 0. The predicted octanol–water partition coefficient (Wildman–Crippen LogP) is 3.45. The van der Waals surface area contributed by atoms with Crippen molar-refractivity contribution >= 4 is 5.78 Å². The number of carbonyl (C=O) groups excluding carboxylic acids is 1. The average molecular weight is 249 g/mol. The van der Waals surface area contributed by atoms with Crippen molar-refractivity contribution < 1.29 is 4.79 Å². The summed E-state index contributed by atoms with van der Waals surface area (Å²) in [6.07, 6.45) is 9.19. The van der Waals surface area contributed by atoms with Crippen LogP contribution in [0, 0.1) is 11.3 Å². The molecule has 0 saturated carbocycles. The minimum atomic E-state index is 0.234. The lowest BCUT2D eigenvalue weighted by Gasteiger charge is -2.36. The van der Waals surface area contributed by atoms with Gasteiger partial charge in [0.1, 0.15) is 0 Å². The topological polar surface area (TPSA) is 20.3 Å². The van der Waals surface area contributed by atoms with Gasteiger partial charge in [0.05, 0.1) is 0 Å². The van der Waals surface area contributed by atoms with Crippen LogP contribution < -0.4 is 0 Å². The Bertz CT molecular complexity index is 350. The molecule has 0 N–H and O–H groups in total. The fourth-order valence-corrected chi connectivity index (χ4v) is 2.60. The molecule has 1 rings (SSSR count). The van der Waals surface area contributed by atoms with Crippen molar-refractivity contribution in [2.45, 2.75) is 40.0 Å². The van der Waals surface area contributed by atoms with Gasteiger partial charge in [0, 0.05) is 18.9 Å². The average Bonchev–Trinajstić information content (AvgIpc) is 2.24. The Kier molecular flexibility index (Phi) is 5.33. The molecule has 2 nitrogen and oxygen atoms in total. The Morgan fingerprint density at radius 3 is 2.72 bits per heavy atom. The van der Waals surface area contributed by atoms with E-state index in [4.69, 9.17) is 0 Å². The first-order chi connectivity index (χ1) is 8.33. The van der Waals surface area contributed by atoms with Gasteiger partial charge in [0.15, 0.2) is 5.78 Å². The van der Waals surface area contributed by atoms with Crippen LogP contribution in [0.25, 0.3) is 0 Å². The summed E-state index contributed by atoms with van der Waals surface area (Å²) in [6.45, 7) is 7.60. The highest BCUT2D eigenvalue weighted by molar-refractivity contribution is 5.89. The summed E-state index contributed by atoms with van der Waals surface area (Å²) in [5, 5.41) is 0. The van der Waals surface area contributed by atoms with Crippen LogP contribution >= 0.6 is 0 Å². The number of rotatable bonds is 5. The number of hydrogen-bond donors (Lipinski definition) is 0. The van der Waals surface area contributed by atoms with E-state index in [0.717, 1.165) is 13.0 Å². The van der Waals surface area contributed by atoms with Crippen molar-refractivity contribution in [3.63, 3.8) is 0 Å². The maximum Gasteiger partial charge on any atom is 0.156 e. The van der Waals surface area contributed by atoms with Crippen LogP contribution in [-0.2, 0) is 4.79 Å². The van der Waals surface area contributed by atoms with Gasteiger partial charge < -0.3 is 4.90 Å². The SMILES string of the molecule is CC1=CCCC(C)(C)C1/C=C/C(=O)CCN(C)C. The second kappa shape index (κ2) is 6.33. The van der Waals surface area contributed by atoms with Crippen molar-refractivity contribution in [2.75, 3.05) is 20.6 Å². The molecule has 1 unspecified atom stereocenters. The maximum absolute atomic E-state index is 11.8. The first kappa shape index (κ1) is 15.2. The molecule has 18 heavy (non-hydrogen) atoms. The largest absolute Gasteiger partial charge is 0.309 e. The molecule has 0 aliphatic heterocycles. The predicted molar refractivity (Wildman–Crippen MR) is 77.6 cm³/mol.